The SMILES string of the molecule is O=C1CC2(CCNC2)N(C(=O)c2cc3cc(F)ccc3s2)N1. The van der Waals surface area contributed by atoms with Crippen LogP contribution in [0, 0.1) is 5.82 Å². The Hall–Kier alpha value is -1.99. The third-order valence-corrected chi connectivity index (χ3v) is 5.42. The highest BCUT2D eigenvalue weighted by atomic mass is 32.1. The lowest BCUT2D eigenvalue weighted by atomic mass is 9.95. The van der Waals surface area contributed by atoms with Crippen molar-refractivity contribution in [3.05, 3.63) is 35.0 Å². The summed E-state index contributed by atoms with van der Waals surface area (Å²) >= 11 is 1.31. The maximum atomic E-state index is 13.3. The van der Waals surface area contributed by atoms with Gasteiger partial charge < -0.3 is 5.32 Å². The number of halogens is 1. The van der Waals surface area contributed by atoms with Crippen LogP contribution in [0.25, 0.3) is 10.1 Å². The zero-order valence-electron chi connectivity index (χ0n) is 11.7. The quantitative estimate of drug-likeness (QED) is 0.840. The number of nitrogens with one attached hydrogen (secondary N) is 2. The van der Waals surface area contributed by atoms with E-state index in [4.69, 9.17) is 0 Å². The van der Waals surface area contributed by atoms with Crippen molar-refractivity contribution in [3.8, 4) is 0 Å². The highest BCUT2D eigenvalue weighted by Gasteiger charge is 2.50. The van der Waals surface area contributed by atoms with Gasteiger partial charge in [-0.25, -0.2) is 9.40 Å². The first-order valence-corrected chi connectivity index (χ1v) is 7.93. The number of hydrazine groups is 1. The van der Waals surface area contributed by atoms with Crippen molar-refractivity contribution in [1.82, 2.24) is 15.8 Å². The fourth-order valence-corrected chi connectivity index (χ4v) is 4.20. The number of hydrogen-bond acceptors (Lipinski definition) is 4. The van der Waals surface area contributed by atoms with Crippen molar-refractivity contribution in [2.45, 2.75) is 18.4 Å². The standard InChI is InChI=1S/C15H14FN3O2S/c16-10-1-2-11-9(5-10)6-12(22-11)14(21)19-15(3-4-17-8-15)7-13(20)18-19/h1-2,5-6,17H,3-4,7-8H2,(H,18,20). The molecule has 114 valence electrons. The molecule has 0 radical (unpaired) electrons. The maximum absolute atomic E-state index is 13.3. The molecule has 5 nitrogen and oxygen atoms in total. The van der Waals surface area contributed by atoms with Crippen molar-refractivity contribution < 1.29 is 14.0 Å². The van der Waals surface area contributed by atoms with Crippen molar-refractivity contribution in [2.75, 3.05) is 13.1 Å². The predicted molar refractivity (Wildman–Crippen MR) is 80.9 cm³/mol. The van der Waals surface area contributed by atoms with E-state index in [1.54, 1.807) is 12.1 Å². The second kappa shape index (κ2) is 4.76. The number of carbonyl (C=O) groups is 2. The number of benzene rings is 1. The van der Waals surface area contributed by atoms with Crippen LogP contribution in [0.5, 0.6) is 0 Å². The van der Waals surface area contributed by atoms with Crippen LogP contribution in [0.2, 0.25) is 0 Å². The van der Waals surface area contributed by atoms with Crippen LogP contribution in [-0.4, -0.2) is 35.5 Å². The van der Waals surface area contributed by atoms with Crippen LogP contribution in [0.15, 0.2) is 24.3 Å². The molecule has 0 aliphatic carbocycles. The maximum Gasteiger partial charge on any atom is 0.282 e. The lowest BCUT2D eigenvalue weighted by Gasteiger charge is -2.31. The van der Waals surface area contributed by atoms with E-state index in [1.807, 2.05) is 0 Å². The first-order valence-electron chi connectivity index (χ1n) is 7.11. The van der Waals surface area contributed by atoms with Crippen molar-refractivity contribution in [3.63, 3.8) is 0 Å². The normalized spacial score (nSPS) is 24.4. The number of thiophene rings is 1. The van der Waals surface area contributed by atoms with Gasteiger partial charge in [-0.2, -0.15) is 0 Å². The van der Waals surface area contributed by atoms with E-state index in [1.165, 1.54) is 28.5 Å². The Morgan fingerprint density at radius 2 is 2.23 bits per heavy atom. The molecule has 4 rings (SSSR count). The molecule has 2 fully saturated rings. The molecule has 0 saturated carbocycles. The van der Waals surface area contributed by atoms with E-state index in [-0.39, 0.29) is 17.6 Å². The van der Waals surface area contributed by atoms with E-state index in [9.17, 15) is 14.0 Å². The van der Waals surface area contributed by atoms with Gasteiger partial charge >= 0.3 is 0 Å². The number of fused-ring (bicyclic) bond motifs is 1. The van der Waals surface area contributed by atoms with Gasteiger partial charge in [-0.1, -0.05) is 0 Å². The Morgan fingerprint density at radius 1 is 1.36 bits per heavy atom. The number of rotatable bonds is 1. The molecule has 2 aromatic rings. The molecule has 1 aromatic heterocycles. The predicted octanol–water partition coefficient (Wildman–Crippen LogP) is 1.65. The molecule has 1 aromatic carbocycles. The average molecular weight is 319 g/mol. The van der Waals surface area contributed by atoms with E-state index in [0.717, 1.165) is 17.7 Å². The number of amides is 2. The van der Waals surface area contributed by atoms with Gasteiger partial charge in [0.25, 0.3) is 5.91 Å². The number of hydrogen-bond donors (Lipinski definition) is 2. The minimum absolute atomic E-state index is 0.135. The van der Waals surface area contributed by atoms with Crippen LogP contribution < -0.4 is 10.7 Å². The summed E-state index contributed by atoms with van der Waals surface area (Å²) in [5.41, 5.74) is 2.20. The zero-order chi connectivity index (χ0) is 15.3. The van der Waals surface area contributed by atoms with Crippen molar-refractivity contribution >= 4 is 33.2 Å². The van der Waals surface area contributed by atoms with E-state index < -0.39 is 5.54 Å². The Balaban J connectivity index is 1.71. The topological polar surface area (TPSA) is 61.4 Å². The average Bonchev–Trinajstić information content (AvgIpc) is 3.17. The molecule has 2 saturated heterocycles. The molecular formula is C15H14FN3O2S. The van der Waals surface area contributed by atoms with Crippen LogP contribution in [-0.2, 0) is 4.79 Å². The summed E-state index contributed by atoms with van der Waals surface area (Å²) in [5.74, 6) is -0.685. The third kappa shape index (κ3) is 2.00. The van der Waals surface area contributed by atoms with Crippen molar-refractivity contribution in [2.24, 2.45) is 0 Å². The summed E-state index contributed by atoms with van der Waals surface area (Å²) in [6.07, 6.45) is 1.07. The molecule has 3 heterocycles. The fourth-order valence-electron chi connectivity index (χ4n) is 3.23. The molecular weight excluding hydrogens is 305 g/mol. The van der Waals surface area contributed by atoms with E-state index in [2.05, 4.69) is 10.7 Å². The summed E-state index contributed by atoms with van der Waals surface area (Å²) in [4.78, 5) is 25.1. The van der Waals surface area contributed by atoms with Gasteiger partial charge in [0, 0.05) is 11.2 Å². The van der Waals surface area contributed by atoms with Crippen LogP contribution in [0.3, 0.4) is 0 Å². The molecule has 1 spiro atoms. The molecule has 22 heavy (non-hydrogen) atoms. The van der Waals surface area contributed by atoms with Gasteiger partial charge in [0.05, 0.1) is 16.8 Å². The lowest BCUT2D eigenvalue weighted by Crippen LogP contribution is -2.52. The lowest BCUT2D eigenvalue weighted by molar-refractivity contribution is -0.120. The highest BCUT2D eigenvalue weighted by Crippen LogP contribution is 2.34. The zero-order valence-corrected chi connectivity index (χ0v) is 12.5. The molecule has 2 amide bonds. The smallest absolute Gasteiger partial charge is 0.282 e. The van der Waals surface area contributed by atoms with Crippen LogP contribution in [0.1, 0.15) is 22.5 Å². The molecule has 1 atom stereocenters. The Bertz CT molecular complexity index is 782. The Morgan fingerprint density at radius 3 is 3.00 bits per heavy atom. The van der Waals surface area contributed by atoms with Crippen molar-refractivity contribution in [1.29, 1.82) is 0 Å². The summed E-state index contributed by atoms with van der Waals surface area (Å²) in [5, 5.41) is 5.39. The minimum Gasteiger partial charge on any atom is -0.314 e. The molecule has 2 aliphatic heterocycles. The Kier molecular flexibility index (Phi) is 2.95. The van der Waals surface area contributed by atoms with Gasteiger partial charge in [0.15, 0.2) is 0 Å². The van der Waals surface area contributed by atoms with E-state index >= 15 is 0 Å². The molecule has 2 aliphatic rings. The first-order chi connectivity index (χ1) is 10.6. The van der Waals surface area contributed by atoms with Gasteiger partial charge in [-0.15, -0.1) is 11.3 Å². The van der Waals surface area contributed by atoms with Crippen LogP contribution in [0.4, 0.5) is 4.39 Å². The monoisotopic (exact) mass is 319 g/mol. The first kappa shape index (κ1) is 13.7. The van der Waals surface area contributed by atoms with Gasteiger partial charge in [0.1, 0.15) is 5.82 Å². The second-order valence-corrected chi connectivity index (χ2v) is 6.88. The van der Waals surface area contributed by atoms with Gasteiger partial charge in [-0.05, 0) is 42.6 Å². The summed E-state index contributed by atoms with van der Waals surface area (Å²) in [6.45, 7) is 1.40. The number of carbonyl (C=O) groups excluding carboxylic acids is 2. The highest BCUT2D eigenvalue weighted by molar-refractivity contribution is 7.20. The summed E-state index contributed by atoms with van der Waals surface area (Å²) in [7, 11) is 0. The minimum atomic E-state index is -0.477. The summed E-state index contributed by atoms with van der Waals surface area (Å²) < 4.78 is 14.1. The second-order valence-electron chi connectivity index (χ2n) is 5.80. The number of nitrogens with zero attached hydrogens (tertiary/aromatic N) is 1. The molecule has 0 bridgehead atoms. The van der Waals surface area contributed by atoms with Crippen LogP contribution >= 0.6 is 11.3 Å². The third-order valence-electron chi connectivity index (χ3n) is 4.31. The Labute approximate surface area is 130 Å². The molecule has 1 unspecified atom stereocenters. The van der Waals surface area contributed by atoms with E-state index in [0.29, 0.717) is 23.2 Å². The molecule has 7 heteroatoms. The molecule has 2 N–H and O–H groups in total. The van der Waals surface area contributed by atoms with Gasteiger partial charge in [0.2, 0.25) is 5.91 Å². The van der Waals surface area contributed by atoms with Gasteiger partial charge in [-0.3, -0.25) is 15.0 Å². The largest absolute Gasteiger partial charge is 0.314 e. The fraction of sp³-hybridized carbons (Fsp3) is 0.333. The summed E-state index contributed by atoms with van der Waals surface area (Å²) in [6, 6.07) is 6.15.